The number of ether oxygens (including phenoxy) is 1. The van der Waals surface area contributed by atoms with Crippen molar-refractivity contribution in [3.63, 3.8) is 0 Å². The Bertz CT molecular complexity index is 444. The molecule has 0 N–H and O–H groups in total. The van der Waals surface area contributed by atoms with Crippen molar-refractivity contribution in [1.29, 1.82) is 0 Å². The van der Waals surface area contributed by atoms with Gasteiger partial charge in [-0.1, -0.05) is 13.0 Å². The summed E-state index contributed by atoms with van der Waals surface area (Å²) in [5.41, 5.74) is 1.51. The summed E-state index contributed by atoms with van der Waals surface area (Å²) in [5.74, 6) is 0.0991. The summed E-state index contributed by atoms with van der Waals surface area (Å²) in [6, 6.07) is 4.01. The van der Waals surface area contributed by atoms with Crippen LogP contribution in [0, 0.1) is 0 Å². The quantitative estimate of drug-likeness (QED) is 0.803. The number of carbonyl (C=O) groups is 1. The number of hydrogen-bond donors (Lipinski definition) is 0. The summed E-state index contributed by atoms with van der Waals surface area (Å²) in [5, 5.41) is 0. The lowest BCUT2D eigenvalue weighted by atomic mass is 9.86. The second kappa shape index (κ2) is 5.19. The zero-order valence-electron chi connectivity index (χ0n) is 11.4. The van der Waals surface area contributed by atoms with Gasteiger partial charge in [0.15, 0.2) is 5.78 Å². The minimum absolute atomic E-state index is 0.0855. The van der Waals surface area contributed by atoms with Gasteiger partial charge in [-0.15, -0.1) is 0 Å². The van der Waals surface area contributed by atoms with Gasteiger partial charge in [-0.2, -0.15) is 0 Å². The van der Waals surface area contributed by atoms with Gasteiger partial charge in [0.05, 0.1) is 11.6 Å². The van der Waals surface area contributed by atoms with Gasteiger partial charge in [-0.05, 0) is 44.7 Å². The third-order valence-corrected chi connectivity index (χ3v) is 3.93. The monoisotopic (exact) mass is 247 g/mol. The Morgan fingerprint density at radius 1 is 1.56 bits per heavy atom. The maximum atomic E-state index is 12.7. The van der Waals surface area contributed by atoms with E-state index in [1.165, 1.54) is 5.56 Å². The van der Waals surface area contributed by atoms with Crippen molar-refractivity contribution in [3.05, 3.63) is 29.6 Å². The first-order valence-electron chi connectivity index (χ1n) is 6.74. The normalized spacial score (nSPS) is 21.4. The fourth-order valence-electron chi connectivity index (χ4n) is 2.70. The lowest BCUT2D eigenvalue weighted by Crippen LogP contribution is -2.41. The van der Waals surface area contributed by atoms with Gasteiger partial charge in [0.2, 0.25) is 0 Å². The minimum atomic E-state index is -0.668. The fourth-order valence-corrected chi connectivity index (χ4v) is 2.70. The first-order valence-corrected chi connectivity index (χ1v) is 6.74. The molecule has 0 bridgehead atoms. The number of rotatable bonds is 5. The number of Topliss-reactive ketones (excluding diaryl/α,β-unsaturated/α-hetero) is 1. The highest BCUT2D eigenvalue weighted by atomic mass is 16.5. The minimum Gasteiger partial charge on any atom is -0.368 e. The van der Waals surface area contributed by atoms with E-state index in [0.717, 1.165) is 18.5 Å². The molecule has 2 rings (SSSR count). The summed E-state index contributed by atoms with van der Waals surface area (Å²) in [6.07, 6.45) is 4.30. The summed E-state index contributed by atoms with van der Waals surface area (Å²) in [6.45, 7) is 6.40. The second-order valence-electron chi connectivity index (χ2n) is 5.02. The third kappa shape index (κ3) is 2.19. The Balaban J connectivity index is 2.26. The van der Waals surface area contributed by atoms with E-state index in [1.54, 1.807) is 6.20 Å². The predicted molar refractivity (Wildman–Crippen MR) is 70.6 cm³/mol. The van der Waals surface area contributed by atoms with E-state index in [1.807, 2.05) is 26.8 Å². The molecule has 0 amide bonds. The van der Waals surface area contributed by atoms with Crippen molar-refractivity contribution in [3.8, 4) is 0 Å². The number of nitrogens with zero attached hydrogens (tertiary/aromatic N) is 1. The molecular formula is C15H21NO2. The standard InChI is InChI=1S/C15H21NO2/c1-4-15(3,18-5-2)14(17)12-9-8-11-7-6-10-16-13(11)12/h6-7,10,12H,4-5,8-9H2,1-3H3. The lowest BCUT2D eigenvalue weighted by Gasteiger charge is -2.29. The molecule has 1 aromatic rings. The Morgan fingerprint density at radius 3 is 3.00 bits per heavy atom. The molecule has 0 saturated heterocycles. The van der Waals surface area contributed by atoms with Gasteiger partial charge < -0.3 is 4.74 Å². The Labute approximate surface area is 109 Å². The van der Waals surface area contributed by atoms with Crippen LogP contribution in [-0.4, -0.2) is 23.0 Å². The second-order valence-corrected chi connectivity index (χ2v) is 5.02. The molecule has 1 aromatic heterocycles. The molecule has 18 heavy (non-hydrogen) atoms. The van der Waals surface area contributed by atoms with Crippen molar-refractivity contribution >= 4 is 5.78 Å². The third-order valence-electron chi connectivity index (χ3n) is 3.93. The van der Waals surface area contributed by atoms with E-state index in [4.69, 9.17) is 4.74 Å². The number of fused-ring (bicyclic) bond motifs is 1. The van der Waals surface area contributed by atoms with Crippen LogP contribution in [0.3, 0.4) is 0 Å². The molecule has 0 aromatic carbocycles. The summed E-state index contributed by atoms with van der Waals surface area (Å²) in [4.78, 5) is 17.1. The molecule has 3 nitrogen and oxygen atoms in total. The van der Waals surface area contributed by atoms with Gasteiger partial charge in [-0.3, -0.25) is 9.78 Å². The fraction of sp³-hybridized carbons (Fsp3) is 0.600. The SMILES string of the molecule is CCOC(C)(CC)C(=O)C1CCc2cccnc21. The molecule has 0 aliphatic heterocycles. The van der Waals surface area contributed by atoms with E-state index in [2.05, 4.69) is 11.1 Å². The van der Waals surface area contributed by atoms with E-state index >= 15 is 0 Å². The van der Waals surface area contributed by atoms with E-state index in [-0.39, 0.29) is 11.7 Å². The van der Waals surface area contributed by atoms with Gasteiger partial charge >= 0.3 is 0 Å². The summed E-state index contributed by atoms with van der Waals surface area (Å²) >= 11 is 0. The van der Waals surface area contributed by atoms with Gasteiger partial charge in [0.1, 0.15) is 5.60 Å². The molecule has 0 radical (unpaired) electrons. The smallest absolute Gasteiger partial charge is 0.173 e. The Kier molecular flexibility index (Phi) is 3.81. The van der Waals surface area contributed by atoms with Crippen molar-refractivity contribution in [2.75, 3.05) is 6.61 Å². The molecular weight excluding hydrogens is 226 g/mol. The number of hydrogen-bond acceptors (Lipinski definition) is 3. The number of carbonyl (C=O) groups excluding carboxylic acids is 1. The number of aromatic nitrogens is 1. The molecule has 0 saturated carbocycles. The highest BCUT2D eigenvalue weighted by Gasteiger charge is 2.40. The van der Waals surface area contributed by atoms with Crippen molar-refractivity contribution < 1.29 is 9.53 Å². The lowest BCUT2D eigenvalue weighted by molar-refractivity contribution is -0.144. The molecule has 2 atom stereocenters. The van der Waals surface area contributed by atoms with Gasteiger partial charge in [-0.25, -0.2) is 0 Å². The molecule has 1 heterocycles. The number of ketones is 1. The maximum absolute atomic E-state index is 12.7. The molecule has 2 unspecified atom stereocenters. The average molecular weight is 247 g/mol. The van der Waals surface area contributed by atoms with Crippen molar-refractivity contribution in [2.45, 2.75) is 51.6 Å². The zero-order chi connectivity index (χ0) is 13.2. The van der Waals surface area contributed by atoms with Crippen LogP contribution in [0.25, 0.3) is 0 Å². The highest BCUT2D eigenvalue weighted by molar-refractivity contribution is 5.93. The van der Waals surface area contributed by atoms with Crippen LogP contribution in [-0.2, 0) is 16.0 Å². The van der Waals surface area contributed by atoms with E-state index < -0.39 is 5.60 Å². The van der Waals surface area contributed by atoms with E-state index in [9.17, 15) is 4.79 Å². The van der Waals surface area contributed by atoms with Crippen LogP contribution in [0.4, 0.5) is 0 Å². The largest absolute Gasteiger partial charge is 0.368 e. The number of pyridine rings is 1. The summed E-state index contributed by atoms with van der Waals surface area (Å²) in [7, 11) is 0. The molecule has 0 fully saturated rings. The first kappa shape index (κ1) is 13.2. The molecule has 0 spiro atoms. The van der Waals surface area contributed by atoms with Crippen LogP contribution in [0.2, 0.25) is 0 Å². The van der Waals surface area contributed by atoms with E-state index in [0.29, 0.717) is 13.0 Å². The predicted octanol–water partition coefficient (Wildman–Crippen LogP) is 2.89. The number of aryl methyl sites for hydroxylation is 1. The Morgan fingerprint density at radius 2 is 2.33 bits per heavy atom. The van der Waals surface area contributed by atoms with Crippen molar-refractivity contribution in [1.82, 2.24) is 4.98 Å². The molecule has 1 aliphatic carbocycles. The van der Waals surface area contributed by atoms with Crippen LogP contribution >= 0.6 is 0 Å². The van der Waals surface area contributed by atoms with Crippen LogP contribution in [0.5, 0.6) is 0 Å². The van der Waals surface area contributed by atoms with Crippen LogP contribution in [0.1, 0.15) is 50.8 Å². The van der Waals surface area contributed by atoms with Gasteiger partial charge in [0, 0.05) is 12.8 Å². The van der Waals surface area contributed by atoms with Gasteiger partial charge in [0.25, 0.3) is 0 Å². The van der Waals surface area contributed by atoms with Crippen LogP contribution < -0.4 is 0 Å². The summed E-state index contributed by atoms with van der Waals surface area (Å²) < 4.78 is 5.69. The first-order chi connectivity index (χ1) is 8.62. The molecule has 3 heteroatoms. The zero-order valence-corrected chi connectivity index (χ0v) is 11.4. The Hall–Kier alpha value is -1.22. The van der Waals surface area contributed by atoms with Crippen LogP contribution in [0.15, 0.2) is 18.3 Å². The average Bonchev–Trinajstić information content (AvgIpc) is 2.81. The maximum Gasteiger partial charge on any atom is 0.173 e. The molecule has 98 valence electrons. The topological polar surface area (TPSA) is 39.2 Å². The highest BCUT2D eigenvalue weighted by Crippen LogP contribution is 2.36. The molecule has 1 aliphatic rings. The van der Waals surface area contributed by atoms with Crippen molar-refractivity contribution in [2.24, 2.45) is 0 Å².